The number of hydrazine groups is 1. The summed E-state index contributed by atoms with van der Waals surface area (Å²) < 4.78 is 20.7. The first-order valence-electron chi connectivity index (χ1n) is 23.3. The molecule has 1 unspecified atom stereocenters. The summed E-state index contributed by atoms with van der Waals surface area (Å²) in [5.41, 5.74) is 8.75. The minimum Gasteiger partial charge on any atom is -0.464 e. The second kappa shape index (κ2) is 20.0. The number of aromatic nitrogens is 2. The molecule has 4 amide bonds. The molecular weight excluding hydrogens is 829 g/mol. The number of morpholine rings is 1. The van der Waals surface area contributed by atoms with E-state index in [9.17, 15) is 24.0 Å². The van der Waals surface area contributed by atoms with Crippen LogP contribution in [0.2, 0.25) is 0 Å². The lowest BCUT2D eigenvalue weighted by molar-refractivity contribution is -0.156. The highest BCUT2D eigenvalue weighted by atomic mass is 16.5. The van der Waals surface area contributed by atoms with Crippen LogP contribution >= 0.6 is 0 Å². The number of nitrogens with one attached hydrogen (secondary N) is 2. The van der Waals surface area contributed by atoms with Gasteiger partial charge in [0.1, 0.15) is 18.1 Å². The van der Waals surface area contributed by atoms with Crippen molar-refractivity contribution < 1.29 is 38.2 Å². The SMILES string of the molecule is C=CC(=O)N1CC[C@H](C(=O)N(C)[C@H](C(=O)N[C@H]2C[C@H]3CN(CCO3)c3ccc4c(c3)c(c(-c3cccnc3C(C)OC)n4CC)CC(C)(C)COC(=O)[C@@H]3CCCN(N3)C2=O)C(C)C)C1. The molecule has 0 radical (unpaired) electrons. The molecule has 6 bridgehead atoms. The molecule has 4 aliphatic heterocycles. The minimum absolute atomic E-state index is 0.139. The Labute approximate surface area is 382 Å². The zero-order valence-electron chi connectivity index (χ0n) is 39.4. The summed E-state index contributed by atoms with van der Waals surface area (Å²) in [5, 5.41) is 5.58. The second-order valence-corrected chi connectivity index (χ2v) is 19.2. The Bertz CT molecular complexity index is 2270. The molecule has 6 atom stereocenters. The van der Waals surface area contributed by atoms with Gasteiger partial charge in [-0.25, -0.2) is 5.43 Å². The third-order valence-electron chi connectivity index (χ3n) is 13.6. The van der Waals surface area contributed by atoms with E-state index < -0.39 is 53.3 Å². The van der Waals surface area contributed by atoms with Gasteiger partial charge in [0.2, 0.25) is 17.7 Å². The Morgan fingerprint density at radius 2 is 1.89 bits per heavy atom. The molecule has 3 fully saturated rings. The Kier molecular flexibility index (Phi) is 14.7. The van der Waals surface area contributed by atoms with Crippen molar-refractivity contribution in [1.82, 2.24) is 35.1 Å². The molecular formula is C49H68N8O8. The molecule has 3 aromatic rings. The van der Waals surface area contributed by atoms with E-state index in [0.29, 0.717) is 65.0 Å². The van der Waals surface area contributed by atoms with Gasteiger partial charge in [-0.1, -0.05) is 34.3 Å². The van der Waals surface area contributed by atoms with Crippen molar-refractivity contribution in [2.75, 3.05) is 65.0 Å². The molecule has 65 heavy (non-hydrogen) atoms. The van der Waals surface area contributed by atoms with Crippen LogP contribution in [0.3, 0.4) is 0 Å². The molecule has 6 heterocycles. The maximum absolute atomic E-state index is 14.7. The number of ether oxygens (including phenoxy) is 3. The average molecular weight is 897 g/mol. The fourth-order valence-electron chi connectivity index (χ4n) is 10.2. The van der Waals surface area contributed by atoms with Gasteiger partial charge in [-0.3, -0.25) is 34.0 Å². The number of cyclic esters (lactones) is 1. The maximum Gasteiger partial charge on any atom is 0.324 e. The quantitative estimate of drug-likeness (QED) is 0.215. The molecule has 1 aromatic carbocycles. The summed E-state index contributed by atoms with van der Waals surface area (Å²) in [6.07, 6.45) is 4.57. The van der Waals surface area contributed by atoms with Gasteiger partial charge in [-0.2, -0.15) is 0 Å². The van der Waals surface area contributed by atoms with E-state index in [1.54, 1.807) is 25.3 Å². The molecule has 16 nitrogen and oxygen atoms in total. The predicted molar refractivity (Wildman–Crippen MR) is 247 cm³/mol. The maximum atomic E-state index is 14.7. The molecule has 3 saturated heterocycles. The smallest absolute Gasteiger partial charge is 0.324 e. The van der Waals surface area contributed by atoms with E-state index in [2.05, 4.69) is 71.8 Å². The first-order chi connectivity index (χ1) is 31.0. The fourth-order valence-corrected chi connectivity index (χ4v) is 10.2. The Morgan fingerprint density at radius 1 is 1.11 bits per heavy atom. The van der Waals surface area contributed by atoms with Gasteiger partial charge in [0.05, 0.1) is 42.7 Å². The number of likely N-dealkylation sites (N-methyl/N-ethyl adjacent to an activating group) is 1. The van der Waals surface area contributed by atoms with Gasteiger partial charge in [0, 0.05) is 93.6 Å². The van der Waals surface area contributed by atoms with Crippen LogP contribution in [0.1, 0.15) is 84.6 Å². The van der Waals surface area contributed by atoms with Crippen LogP contribution in [0, 0.1) is 17.3 Å². The van der Waals surface area contributed by atoms with Crippen molar-refractivity contribution in [3.05, 3.63) is 60.4 Å². The number of carbonyl (C=O) groups excluding carboxylic acids is 5. The van der Waals surface area contributed by atoms with Gasteiger partial charge in [0.15, 0.2) is 0 Å². The molecule has 0 saturated carbocycles. The molecule has 2 N–H and O–H groups in total. The van der Waals surface area contributed by atoms with Crippen molar-refractivity contribution in [1.29, 1.82) is 0 Å². The van der Waals surface area contributed by atoms with Crippen molar-refractivity contribution in [2.45, 2.75) is 111 Å². The van der Waals surface area contributed by atoms with E-state index in [0.717, 1.165) is 39.1 Å². The molecule has 2 aromatic heterocycles. The number of hydrogen-bond acceptors (Lipinski definition) is 11. The molecule has 4 aliphatic rings. The third kappa shape index (κ3) is 10.1. The lowest BCUT2D eigenvalue weighted by Crippen LogP contribution is -2.62. The molecule has 16 heteroatoms. The van der Waals surface area contributed by atoms with E-state index >= 15 is 0 Å². The third-order valence-corrected chi connectivity index (χ3v) is 13.6. The number of likely N-dealkylation sites (tertiary alicyclic amines) is 1. The lowest BCUT2D eigenvalue weighted by Gasteiger charge is -2.39. The largest absolute Gasteiger partial charge is 0.464 e. The summed E-state index contributed by atoms with van der Waals surface area (Å²) in [4.78, 5) is 79.4. The van der Waals surface area contributed by atoms with Crippen molar-refractivity contribution in [3.63, 3.8) is 0 Å². The van der Waals surface area contributed by atoms with E-state index in [1.165, 1.54) is 16.0 Å². The summed E-state index contributed by atoms with van der Waals surface area (Å²) in [6, 6.07) is 7.87. The zero-order valence-corrected chi connectivity index (χ0v) is 39.4. The molecule has 352 valence electrons. The standard InChI is InChI=1S/C49H68N8O8/c1-10-41(58)55-21-18-32(27-55)46(60)53(8)43(30(3)4)45(59)51-39-25-34-28-54(22-23-64-34)33-16-17-40-36(24-33)37(44(56(40)11-2)35-14-12-19-50-42(35)31(5)63-9)26-49(6,7)29-65-48(62)38-15-13-20-57(52-38)47(39)61/h10,12,14,16-17,19,24,30-32,34,38-39,43,52H,1,11,13,15,18,20-23,25-29H2,2-9H3,(H,51,59)/t31?,32-,34-,38-,39-,43-/m0/s1. The Balaban J connectivity index is 1.24. The van der Waals surface area contributed by atoms with Crippen LogP contribution in [0.5, 0.6) is 0 Å². The normalized spacial score (nSPS) is 23.7. The highest BCUT2D eigenvalue weighted by Gasteiger charge is 2.41. The van der Waals surface area contributed by atoms with Gasteiger partial charge >= 0.3 is 5.97 Å². The zero-order chi connectivity index (χ0) is 46.7. The summed E-state index contributed by atoms with van der Waals surface area (Å²) in [5.74, 6) is -2.57. The number of amides is 4. The number of benzene rings is 1. The van der Waals surface area contributed by atoms with Crippen LogP contribution in [-0.4, -0.2) is 138 Å². The van der Waals surface area contributed by atoms with Crippen LogP contribution in [0.15, 0.2) is 49.2 Å². The summed E-state index contributed by atoms with van der Waals surface area (Å²) >= 11 is 0. The Hall–Kier alpha value is -5.32. The second-order valence-electron chi connectivity index (χ2n) is 19.2. The highest BCUT2D eigenvalue weighted by molar-refractivity contribution is 5.95. The van der Waals surface area contributed by atoms with Crippen molar-refractivity contribution in [2.24, 2.45) is 17.3 Å². The number of esters is 1. The number of pyridine rings is 1. The number of nitrogens with zero attached hydrogens (tertiary/aromatic N) is 6. The Morgan fingerprint density at radius 3 is 2.62 bits per heavy atom. The molecule has 7 rings (SSSR count). The number of fused-ring (bicyclic) bond motifs is 6. The average Bonchev–Trinajstić information content (AvgIpc) is 3.92. The first kappa shape index (κ1) is 47.6. The minimum atomic E-state index is -1.05. The monoisotopic (exact) mass is 897 g/mol. The van der Waals surface area contributed by atoms with Crippen LogP contribution in [0.25, 0.3) is 22.2 Å². The molecule has 0 aliphatic carbocycles. The van der Waals surface area contributed by atoms with Gasteiger partial charge in [-0.05, 0) is 87.4 Å². The van der Waals surface area contributed by atoms with Gasteiger partial charge in [-0.15, -0.1) is 0 Å². The van der Waals surface area contributed by atoms with E-state index in [-0.39, 0.29) is 43.4 Å². The van der Waals surface area contributed by atoms with Gasteiger partial charge < -0.3 is 38.8 Å². The van der Waals surface area contributed by atoms with Crippen molar-refractivity contribution >= 4 is 46.2 Å². The van der Waals surface area contributed by atoms with Crippen molar-refractivity contribution in [3.8, 4) is 11.3 Å². The lowest BCUT2D eigenvalue weighted by atomic mass is 9.84. The summed E-state index contributed by atoms with van der Waals surface area (Å²) in [6.45, 7) is 19.0. The first-order valence-corrected chi connectivity index (χ1v) is 23.3. The number of anilines is 1. The van der Waals surface area contributed by atoms with Gasteiger partial charge in [0.25, 0.3) is 5.91 Å². The fraction of sp³-hybridized carbons (Fsp3) is 0.592. The summed E-state index contributed by atoms with van der Waals surface area (Å²) in [7, 11) is 3.30. The number of aryl methyl sites for hydroxylation is 1. The highest BCUT2D eigenvalue weighted by Crippen LogP contribution is 2.42. The molecule has 0 spiro atoms. The van der Waals surface area contributed by atoms with Crippen LogP contribution < -0.4 is 15.6 Å². The predicted octanol–water partition coefficient (Wildman–Crippen LogP) is 4.65. The number of hydrogen-bond donors (Lipinski definition) is 2. The number of carbonyl (C=O) groups is 5. The van der Waals surface area contributed by atoms with E-state index in [4.69, 9.17) is 19.2 Å². The van der Waals surface area contributed by atoms with E-state index in [1.807, 2.05) is 26.8 Å². The van der Waals surface area contributed by atoms with Crippen LogP contribution in [-0.2, 0) is 51.1 Å². The topological polar surface area (TPSA) is 168 Å². The number of rotatable bonds is 10. The number of methoxy groups -OCH3 is 1. The van der Waals surface area contributed by atoms with Crippen LogP contribution in [0.4, 0.5) is 5.69 Å².